The summed E-state index contributed by atoms with van der Waals surface area (Å²) in [6, 6.07) is 8.35. The maximum Gasteiger partial charge on any atom is 0.0664 e. The van der Waals surface area contributed by atoms with Crippen LogP contribution in [0, 0.1) is 0 Å². The summed E-state index contributed by atoms with van der Waals surface area (Å²) in [5.41, 5.74) is 2.54. The van der Waals surface area contributed by atoms with Crippen molar-refractivity contribution in [3.8, 4) is 0 Å². The van der Waals surface area contributed by atoms with E-state index in [1.165, 1.54) is 5.56 Å². The molecule has 1 unspecified atom stereocenters. The molecule has 2 rings (SSSR count). The first kappa shape index (κ1) is 9.97. The molecule has 1 aromatic carbocycles. The fourth-order valence-electron chi connectivity index (χ4n) is 1.49. The van der Waals surface area contributed by atoms with Crippen LogP contribution in [-0.2, 0) is 0 Å². The SMILES string of the molecule is CC.CCC1C=Nc2ccccc21. The van der Waals surface area contributed by atoms with Crippen molar-refractivity contribution in [1.82, 2.24) is 0 Å². The van der Waals surface area contributed by atoms with E-state index < -0.39 is 0 Å². The van der Waals surface area contributed by atoms with E-state index in [0.29, 0.717) is 5.92 Å². The number of hydrogen-bond donors (Lipinski definition) is 0. The second kappa shape index (κ2) is 4.80. The highest BCUT2D eigenvalue weighted by molar-refractivity contribution is 5.80. The second-order valence-corrected chi connectivity index (χ2v) is 2.85. The molecule has 1 aromatic rings. The van der Waals surface area contributed by atoms with E-state index in [1.54, 1.807) is 0 Å². The molecule has 0 bridgehead atoms. The van der Waals surface area contributed by atoms with Crippen molar-refractivity contribution in [1.29, 1.82) is 0 Å². The quantitative estimate of drug-likeness (QED) is 0.613. The lowest BCUT2D eigenvalue weighted by Crippen LogP contribution is -1.91. The summed E-state index contributed by atoms with van der Waals surface area (Å²) in [5.74, 6) is 0.561. The van der Waals surface area contributed by atoms with E-state index >= 15 is 0 Å². The molecule has 0 saturated carbocycles. The number of hydrogen-bond acceptors (Lipinski definition) is 1. The average Bonchev–Trinajstić information content (AvgIpc) is 2.64. The zero-order valence-corrected chi connectivity index (χ0v) is 8.62. The van der Waals surface area contributed by atoms with Gasteiger partial charge in [-0.15, -0.1) is 0 Å². The molecule has 1 heterocycles. The normalized spacial score (nSPS) is 17.6. The van der Waals surface area contributed by atoms with Gasteiger partial charge in [0.25, 0.3) is 0 Å². The number of benzene rings is 1. The van der Waals surface area contributed by atoms with Crippen LogP contribution in [0.1, 0.15) is 38.7 Å². The summed E-state index contributed by atoms with van der Waals surface area (Å²) in [7, 11) is 0. The first-order valence-corrected chi connectivity index (χ1v) is 5.05. The summed E-state index contributed by atoms with van der Waals surface area (Å²) in [6.45, 7) is 6.19. The molecular weight excluding hydrogens is 158 g/mol. The third-order valence-corrected chi connectivity index (χ3v) is 2.17. The summed E-state index contributed by atoms with van der Waals surface area (Å²) in [6.07, 6.45) is 3.20. The zero-order chi connectivity index (χ0) is 9.68. The van der Waals surface area contributed by atoms with Gasteiger partial charge in [0, 0.05) is 12.1 Å². The van der Waals surface area contributed by atoms with Gasteiger partial charge in [0.2, 0.25) is 0 Å². The molecule has 0 radical (unpaired) electrons. The molecule has 0 aromatic heterocycles. The number of rotatable bonds is 1. The Morgan fingerprint density at radius 1 is 1.23 bits per heavy atom. The Morgan fingerprint density at radius 2 is 1.92 bits per heavy atom. The predicted octanol–water partition coefficient (Wildman–Crippen LogP) is 3.92. The van der Waals surface area contributed by atoms with Gasteiger partial charge in [-0.3, -0.25) is 4.99 Å². The number of nitrogens with zero attached hydrogens (tertiary/aromatic N) is 1. The fourth-order valence-corrected chi connectivity index (χ4v) is 1.49. The van der Waals surface area contributed by atoms with Crippen LogP contribution in [0.5, 0.6) is 0 Å². The number of aliphatic imine (C=N–C) groups is 1. The lowest BCUT2D eigenvalue weighted by molar-refractivity contribution is 0.875. The highest BCUT2D eigenvalue weighted by Crippen LogP contribution is 2.32. The molecule has 70 valence electrons. The molecular formula is C12H17N. The minimum Gasteiger partial charge on any atom is -0.260 e. The van der Waals surface area contributed by atoms with E-state index in [2.05, 4.69) is 30.1 Å². The molecule has 1 aliphatic heterocycles. The van der Waals surface area contributed by atoms with Gasteiger partial charge in [-0.05, 0) is 18.1 Å². The van der Waals surface area contributed by atoms with Gasteiger partial charge in [-0.1, -0.05) is 39.0 Å². The van der Waals surface area contributed by atoms with Gasteiger partial charge in [-0.25, -0.2) is 0 Å². The minimum atomic E-state index is 0.561. The van der Waals surface area contributed by atoms with Crippen molar-refractivity contribution in [3.05, 3.63) is 29.8 Å². The maximum absolute atomic E-state index is 4.33. The van der Waals surface area contributed by atoms with Crippen LogP contribution >= 0.6 is 0 Å². The van der Waals surface area contributed by atoms with Crippen molar-refractivity contribution in [2.24, 2.45) is 4.99 Å². The molecule has 0 saturated heterocycles. The molecule has 0 aliphatic carbocycles. The van der Waals surface area contributed by atoms with Crippen LogP contribution in [-0.4, -0.2) is 6.21 Å². The molecule has 1 atom stereocenters. The van der Waals surface area contributed by atoms with Crippen LogP contribution in [0.25, 0.3) is 0 Å². The summed E-state index contributed by atoms with van der Waals surface area (Å²) in [5, 5.41) is 0. The first-order chi connectivity index (χ1) is 6.42. The largest absolute Gasteiger partial charge is 0.260 e. The summed E-state index contributed by atoms with van der Waals surface area (Å²) >= 11 is 0. The van der Waals surface area contributed by atoms with Crippen molar-refractivity contribution < 1.29 is 0 Å². The minimum absolute atomic E-state index is 0.561. The molecule has 1 aliphatic rings. The molecule has 0 N–H and O–H groups in total. The van der Waals surface area contributed by atoms with Gasteiger partial charge in [0.05, 0.1) is 5.69 Å². The summed E-state index contributed by atoms with van der Waals surface area (Å²) in [4.78, 5) is 4.33. The van der Waals surface area contributed by atoms with E-state index in [1.807, 2.05) is 26.1 Å². The third kappa shape index (κ3) is 1.97. The Labute approximate surface area is 80.5 Å². The third-order valence-electron chi connectivity index (χ3n) is 2.17. The summed E-state index contributed by atoms with van der Waals surface area (Å²) < 4.78 is 0. The zero-order valence-electron chi connectivity index (χ0n) is 8.62. The van der Waals surface area contributed by atoms with Gasteiger partial charge in [0.1, 0.15) is 0 Å². The average molecular weight is 175 g/mol. The molecule has 13 heavy (non-hydrogen) atoms. The van der Waals surface area contributed by atoms with Gasteiger partial charge < -0.3 is 0 Å². The number of para-hydroxylation sites is 1. The van der Waals surface area contributed by atoms with Crippen LogP contribution < -0.4 is 0 Å². The highest BCUT2D eigenvalue weighted by Gasteiger charge is 2.14. The molecule has 1 nitrogen and oxygen atoms in total. The van der Waals surface area contributed by atoms with Gasteiger partial charge in [-0.2, -0.15) is 0 Å². The highest BCUT2D eigenvalue weighted by atomic mass is 14.8. The molecule has 1 heteroatoms. The Bertz CT molecular complexity index is 289. The van der Waals surface area contributed by atoms with Crippen LogP contribution in [0.2, 0.25) is 0 Å². The van der Waals surface area contributed by atoms with E-state index in [0.717, 1.165) is 12.1 Å². The van der Waals surface area contributed by atoms with Crippen molar-refractivity contribution in [3.63, 3.8) is 0 Å². The lowest BCUT2D eigenvalue weighted by Gasteiger charge is -2.03. The Hall–Kier alpha value is -1.11. The Morgan fingerprint density at radius 3 is 2.62 bits per heavy atom. The van der Waals surface area contributed by atoms with Crippen molar-refractivity contribution in [2.45, 2.75) is 33.1 Å². The molecule has 0 amide bonds. The van der Waals surface area contributed by atoms with Gasteiger partial charge >= 0.3 is 0 Å². The second-order valence-electron chi connectivity index (χ2n) is 2.85. The maximum atomic E-state index is 4.33. The monoisotopic (exact) mass is 175 g/mol. The molecule has 0 spiro atoms. The van der Waals surface area contributed by atoms with Crippen LogP contribution in [0.3, 0.4) is 0 Å². The topological polar surface area (TPSA) is 12.4 Å². The smallest absolute Gasteiger partial charge is 0.0664 e. The standard InChI is InChI=1S/C10H11N.C2H6/c1-2-8-7-11-10-6-4-3-5-9(8)10;1-2/h3-8H,2H2,1H3;1-2H3. The van der Waals surface area contributed by atoms with Crippen molar-refractivity contribution >= 4 is 11.9 Å². The van der Waals surface area contributed by atoms with E-state index in [9.17, 15) is 0 Å². The predicted molar refractivity (Wildman–Crippen MR) is 59.0 cm³/mol. The van der Waals surface area contributed by atoms with Gasteiger partial charge in [0.15, 0.2) is 0 Å². The number of fused-ring (bicyclic) bond motifs is 1. The van der Waals surface area contributed by atoms with Crippen LogP contribution in [0.4, 0.5) is 5.69 Å². The molecule has 0 fully saturated rings. The lowest BCUT2D eigenvalue weighted by atomic mass is 9.99. The fraction of sp³-hybridized carbons (Fsp3) is 0.417. The van der Waals surface area contributed by atoms with E-state index in [-0.39, 0.29) is 0 Å². The van der Waals surface area contributed by atoms with E-state index in [4.69, 9.17) is 0 Å². The Kier molecular flexibility index (Phi) is 3.69. The van der Waals surface area contributed by atoms with Crippen molar-refractivity contribution in [2.75, 3.05) is 0 Å². The van der Waals surface area contributed by atoms with Crippen LogP contribution in [0.15, 0.2) is 29.3 Å². The first-order valence-electron chi connectivity index (χ1n) is 5.05. The Balaban J connectivity index is 0.000000396.